The van der Waals surface area contributed by atoms with E-state index in [4.69, 9.17) is 0 Å². The lowest BCUT2D eigenvalue weighted by Gasteiger charge is -2.48. The Labute approximate surface area is 186 Å². The molecule has 0 aromatic heterocycles. The van der Waals surface area contributed by atoms with Crippen LogP contribution in [0.1, 0.15) is 127 Å². The molecular formula is C29H58. The number of hydrogen-bond donors (Lipinski definition) is 0. The van der Waals surface area contributed by atoms with Gasteiger partial charge in [-0.15, -0.1) is 0 Å². The van der Waals surface area contributed by atoms with E-state index in [1.165, 1.54) is 57.8 Å². The highest BCUT2D eigenvalue weighted by Gasteiger charge is 2.41. The molecule has 1 saturated carbocycles. The van der Waals surface area contributed by atoms with Crippen LogP contribution in [0.5, 0.6) is 0 Å². The smallest absolute Gasteiger partial charge is 0.0332 e. The number of rotatable bonds is 13. The van der Waals surface area contributed by atoms with Gasteiger partial charge < -0.3 is 0 Å². The largest absolute Gasteiger partial charge is 0.0651 e. The zero-order chi connectivity index (χ0) is 22.1. The van der Waals surface area contributed by atoms with Gasteiger partial charge in [-0.3, -0.25) is 0 Å². The van der Waals surface area contributed by atoms with E-state index in [1.807, 2.05) is 0 Å². The van der Waals surface area contributed by atoms with Crippen molar-refractivity contribution in [2.45, 2.75) is 127 Å². The lowest BCUT2D eigenvalue weighted by molar-refractivity contribution is 0.0179. The van der Waals surface area contributed by atoms with E-state index in [2.05, 4.69) is 69.2 Å². The van der Waals surface area contributed by atoms with Crippen molar-refractivity contribution in [3.8, 4) is 0 Å². The third-order valence-corrected chi connectivity index (χ3v) is 9.75. The van der Waals surface area contributed by atoms with Gasteiger partial charge in [0.2, 0.25) is 0 Å². The van der Waals surface area contributed by atoms with Gasteiger partial charge in [-0.05, 0) is 84.9 Å². The molecule has 174 valence electrons. The maximum Gasteiger partial charge on any atom is -0.0332 e. The minimum atomic E-state index is 0.885. The van der Waals surface area contributed by atoms with Gasteiger partial charge in [0.15, 0.2) is 0 Å². The van der Waals surface area contributed by atoms with E-state index < -0.39 is 0 Å². The van der Waals surface area contributed by atoms with Gasteiger partial charge in [0.25, 0.3) is 0 Å². The fourth-order valence-corrected chi connectivity index (χ4v) is 7.15. The van der Waals surface area contributed by atoms with Gasteiger partial charge in [-0.25, -0.2) is 0 Å². The molecular weight excluding hydrogens is 348 g/mol. The Hall–Kier alpha value is 0. The van der Waals surface area contributed by atoms with Gasteiger partial charge >= 0.3 is 0 Å². The molecule has 0 amide bonds. The van der Waals surface area contributed by atoms with Crippen molar-refractivity contribution in [1.82, 2.24) is 0 Å². The second-order valence-electron chi connectivity index (χ2n) is 11.5. The van der Waals surface area contributed by atoms with Crippen molar-refractivity contribution in [3.05, 3.63) is 0 Å². The van der Waals surface area contributed by atoms with Crippen LogP contribution in [0.2, 0.25) is 0 Å². The summed E-state index contributed by atoms with van der Waals surface area (Å²) in [6.45, 7) is 24.9. The molecule has 0 spiro atoms. The molecule has 0 aromatic rings. The molecule has 0 heteroatoms. The molecule has 1 fully saturated rings. The van der Waals surface area contributed by atoms with Crippen LogP contribution in [0.25, 0.3) is 0 Å². The molecule has 0 saturated heterocycles. The fraction of sp³-hybridized carbons (Fsp3) is 1.00. The second kappa shape index (κ2) is 13.4. The Balaban J connectivity index is 2.98. The molecule has 0 radical (unpaired) electrons. The van der Waals surface area contributed by atoms with E-state index >= 15 is 0 Å². The molecule has 0 aliphatic heterocycles. The Bertz CT molecular complexity index is 412. The summed E-state index contributed by atoms with van der Waals surface area (Å²) in [5.74, 6) is 9.21. The van der Waals surface area contributed by atoms with Crippen LogP contribution >= 0.6 is 0 Å². The van der Waals surface area contributed by atoms with E-state index in [0.29, 0.717) is 0 Å². The molecule has 1 aliphatic rings. The Morgan fingerprint density at radius 3 is 1.69 bits per heavy atom. The Morgan fingerprint density at radius 2 is 1.21 bits per heavy atom. The predicted molar refractivity (Wildman–Crippen MR) is 133 cm³/mol. The highest BCUT2D eigenvalue weighted by molar-refractivity contribution is 4.90. The molecule has 0 heterocycles. The Kier molecular flexibility index (Phi) is 12.5. The van der Waals surface area contributed by atoms with Gasteiger partial charge in [0.1, 0.15) is 0 Å². The Morgan fingerprint density at radius 1 is 0.655 bits per heavy atom. The third kappa shape index (κ3) is 7.57. The highest BCUT2D eigenvalue weighted by atomic mass is 14.5. The van der Waals surface area contributed by atoms with Crippen LogP contribution in [0, 0.1) is 59.2 Å². The maximum atomic E-state index is 2.63. The van der Waals surface area contributed by atoms with Crippen molar-refractivity contribution in [1.29, 1.82) is 0 Å². The average Bonchev–Trinajstić information content (AvgIpc) is 2.73. The number of hydrogen-bond acceptors (Lipinski definition) is 0. The zero-order valence-corrected chi connectivity index (χ0v) is 22.1. The van der Waals surface area contributed by atoms with Crippen molar-refractivity contribution >= 4 is 0 Å². The maximum absolute atomic E-state index is 2.63. The molecule has 1 aliphatic carbocycles. The fourth-order valence-electron chi connectivity index (χ4n) is 7.15. The minimum absolute atomic E-state index is 0.885. The first kappa shape index (κ1) is 27.0. The van der Waals surface area contributed by atoms with Crippen molar-refractivity contribution < 1.29 is 0 Å². The predicted octanol–water partition coefficient (Wildman–Crippen LogP) is 9.87. The highest BCUT2D eigenvalue weighted by Crippen LogP contribution is 2.49. The van der Waals surface area contributed by atoms with Crippen LogP contribution in [-0.2, 0) is 0 Å². The topological polar surface area (TPSA) is 0 Å². The summed E-state index contributed by atoms with van der Waals surface area (Å²) in [5.41, 5.74) is 0. The van der Waals surface area contributed by atoms with Crippen LogP contribution in [-0.4, -0.2) is 0 Å². The standard InChI is InChI=1S/C29H58/c1-11-20(6)26(14-4)17-23(9)28-19-25(18-27(15-5)21(7)12-2)16-24(10)29(28)22(8)13-3/h20-29H,11-19H2,1-10H3. The molecule has 10 unspecified atom stereocenters. The normalized spacial score (nSPS) is 31.7. The monoisotopic (exact) mass is 406 g/mol. The first-order valence-corrected chi connectivity index (χ1v) is 13.7. The van der Waals surface area contributed by atoms with E-state index in [0.717, 1.165) is 59.2 Å². The van der Waals surface area contributed by atoms with Crippen LogP contribution in [0.15, 0.2) is 0 Å². The quantitative estimate of drug-likeness (QED) is 0.285. The molecule has 0 N–H and O–H groups in total. The summed E-state index contributed by atoms with van der Waals surface area (Å²) in [6.07, 6.45) is 12.8. The van der Waals surface area contributed by atoms with Gasteiger partial charge in [0, 0.05) is 0 Å². The first-order valence-electron chi connectivity index (χ1n) is 13.7. The molecule has 0 nitrogen and oxygen atoms in total. The second-order valence-corrected chi connectivity index (χ2v) is 11.5. The molecule has 1 rings (SSSR count). The van der Waals surface area contributed by atoms with Gasteiger partial charge in [-0.2, -0.15) is 0 Å². The zero-order valence-electron chi connectivity index (χ0n) is 22.1. The van der Waals surface area contributed by atoms with Crippen LogP contribution in [0.3, 0.4) is 0 Å². The first-order chi connectivity index (χ1) is 13.7. The average molecular weight is 407 g/mol. The molecule has 0 bridgehead atoms. The van der Waals surface area contributed by atoms with E-state index in [1.54, 1.807) is 0 Å². The summed E-state index contributed by atoms with van der Waals surface area (Å²) >= 11 is 0. The molecule has 29 heavy (non-hydrogen) atoms. The van der Waals surface area contributed by atoms with Crippen molar-refractivity contribution in [2.75, 3.05) is 0 Å². The van der Waals surface area contributed by atoms with E-state index in [9.17, 15) is 0 Å². The van der Waals surface area contributed by atoms with Crippen molar-refractivity contribution in [2.24, 2.45) is 59.2 Å². The van der Waals surface area contributed by atoms with E-state index in [-0.39, 0.29) is 0 Å². The molecule has 0 aromatic carbocycles. The van der Waals surface area contributed by atoms with Crippen LogP contribution in [0.4, 0.5) is 0 Å². The molecule has 10 atom stereocenters. The van der Waals surface area contributed by atoms with Crippen LogP contribution < -0.4 is 0 Å². The third-order valence-electron chi connectivity index (χ3n) is 9.75. The summed E-state index contributed by atoms with van der Waals surface area (Å²) in [6, 6.07) is 0. The van der Waals surface area contributed by atoms with Gasteiger partial charge in [-0.1, -0.05) is 101 Å². The lowest BCUT2D eigenvalue weighted by atomic mass is 9.58. The minimum Gasteiger partial charge on any atom is -0.0651 e. The summed E-state index contributed by atoms with van der Waals surface area (Å²) in [7, 11) is 0. The summed E-state index contributed by atoms with van der Waals surface area (Å²) in [4.78, 5) is 0. The van der Waals surface area contributed by atoms with Crippen molar-refractivity contribution in [3.63, 3.8) is 0 Å². The van der Waals surface area contributed by atoms with Gasteiger partial charge in [0.05, 0.1) is 0 Å². The summed E-state index contributed by atoms with van der Waals surface area (Å²) in [5, 5.41) is 0. The SMILES string of the molecule is CCC(C)C(CC)CC1CC(C)C(C(C)CC)C(C(C)CC(CC)C(C)CC)C1. The lowest BCUT2D eigenvalue weighted by Crippen LogP contribution is -2.40. The summed E-state index contributed by atoms with van der Waals surface area (Å²) < 4.78 is 0.